The first-order chi connectivity index (χ1) is 25.3. The maximum absolute atomic E-state index is 16.0. The fourth-order valence-corrected chi connectivity index (χ4v) is 5.79. The minimum atomic E-state index is -4.71. The van der Waals surface area contributed by atoms with Crippen molar-refractivity contribution in [2.24, 2.45) is 0 Å². The van der Waals surface area contributed by atoms with Gasteiger partial charge < -0.3 is 29.5 Å². The van der Waals surface area contributed by atoms with Crippen molar-refractivity contribution in [2.75, 3.05) is 26.0 Å². The number of nitrogens with one attached hydrogen (secondary N) is 1. The summed E-state index contributed by atoms with van der Waals surface area (Å²) in [7, 11) is 2.32. The lowest BCUT2D eigenvalue weighted by Gasteiger charge is -2.27. The van der Waals surface area contributed by atoms with Crippen LogP contribution in [-0.2, 0) is 30.7 Å². The maximum atomic E-state index is 16.0. The normalized spacial score (nSPS) is 12.9. The molecule has 3 aromatic carbocycles. The first-order valence-corrected chi connectivity index (χ1v) is 16.6. The number of nitrogens with zero attached hydrogens (tertiary/aromatic N) is 1. The van der Waals surface area contributed by atoms with Crippen LogP contribution in [0.15, 0.2) is 66.0 Å². The van der Waals surface area contributed by atoms with Gasteiger partial charge in [-0.2, -0.15) is 13.2 Å². The molecule has 4 rings (SSSR count). The van der Waals surface area contributed by atoms with Gasteiger partial charge >= 0.3 is 24.3 Å². The van der Waals surface area contributed by atoms with E-state index in [4.69, 9.17) is 14.2 Å². The van der Waals surface area contributed by atoms with Crippen LogP contribution >= 0.6 is 11.3 Å². The number of thiophene rings is 1. The van der Waals surface area contributed by atoms with E-state index in [0.717, 1.165) is 60.7 Å². The van der Waals surface area contributed by atoms with Crippen LogP contribution in [0.3, 0.4) is 0 Å². The summed E-state index contributed by atoms with van der Waals surface area (Å²) in [4.78, 5) is 65.8. The average Bonchev–Trinajstić information content (AvgIpc) is 3.65. The molecule has 0 saturated heterocycles. The minimum absolute atomic E-state index is 0.104. The van der Waals surface area contributed by atoms with Crippen molar-refractivity contribution in [3.05, 3.63) is 105 Å². The van der Waals surface area contributed by atoms with Crippen LogP contribution in [0.2, 0.25) is 0 Å². The Morgan fingerprint density at radius 3 is 2.17 bits per heavy atom. The van der Waals surface area contributed by atoms with Crippen molar-refractivity contribution in [1.29, 1.82) is 0 Å². The quantitative estimate of drug-likeness (QED) is 0.0639. The lowest BCUT2D eigenvalue weighted by atomic mass is 9.87. The van der Waals surface area contributed by atoms with Crippen LogP contribution in [0, 0.1) is 17.5 Å². The zero-order valence-electron chi connectivity index (χ0n) is 28.7. The van der Waals surface area contributed by atoms with Crippen LogP contribution in [0.5, 0.6) is 5.75 Å². The molecule has 2 atom stereocenters. The number of hydrogen-bond acceptors (Lipinski definition) is 9. The summed E-state index contributed by atoms with van der Waals surface area (Å²) in [6.45, 7) is 1.91. The predicted molar refractivity (Wildman–Crippen MR) is 181 cm³/mol. The van der Waals surface area contributed by atoms with Crippen molar-refractivity contribution < 1.29 is 69.6 Å². The zero-order valence-corrected chi connectivity index (χ0v) is 29.5. The molecule has 2 unspecified atom stereocenters. The Morgan fingerprint density at radius 2 is 1.61 bits per heavy atom. The van der Waals surface area contributed by atoms with E-state index in [0.29, 0.717) is 24.6 Å². The van der Waals surface area contributed by atoms with Gasteiger partial charge in [-0.3, -0.25) is 19.2 Å². The van der Waals surface area contributed by atoms with Gasteiger partial charge in [-0.25, -0.2) is 18.0 Å². The fraction of sp³-hybridized carbons (Fsp3) is 0.250. The third-order valence-electron chi connectivity index (χ3n) is 7.93. The summed E-state index contributed by atoms with van der Waals surface area (Å²) in [6, 6.07) is 9.33. The van der Waals surface area contributed by atoms with Gasteiger partial charge in [0, 0.05) is 30.6 Å². The second kappa shape index (κ2) is 16.4. The van der Waals surface area contributed by atoms with Gasteiger partial charge in [-0.1, -0.05) is 31.2 Å². The molecule has 54 heavy (non-hydrogen) atoms. The number of carbonyl (C=O) groups is 5. The topological polar surface area (TPSA) is 149 Å². The van der Waals surface area contributed by atoms with Crippen molar-refractivity contribution in [3.63, 3.8) is 0 Å². The molecule has 11 nitrogen and oxygen atoms in total. The summed E-state index contributed by atoms with van der Waals surface area (Å²) < 4.78 is 101. The Kier molecular flexibility index (Phi) is 12.4. The lowest BCUT2D eigenvalue weighted by molar-refractivity contribution is -0.167. The van der Waals surface area contributed by atoms with Crippen LogP contribution in [0.25, 0.3) is 11.1 Å². The Morgan fingerprint density at radius 1 is 0.944 bits per heavy atom. The molecule has 0 aliphatic carbocycles. The van der Waals surface area contributed by atoms with Crippen molar-refractivity contribution in [2.45, 2.75) is 38.0 Å². The van der Waals surface area contributed by atoms with Gasteiger partial charge in [0.05, 0.1) is 22.9 Å². The number of halogens is 6. The predicted octanol–water partition coefficient (Wildman–Crippen LogP) is 7.69. The standard InChI is InChI=1S/C36H30F6N2O9S/c1-5-18(2)52-33(49)35(32(47)48,25-10-7-15-54-25)17-51-34(50)53-29-23(38)16-24(27(28(29)39)31(46)44(3)4)43-30(45)21-8-6-9-22(37)26(21)19-11-13-20(14-12-19)36(40,41)42/h6-16,18H,5,17H2,1-4H3,(H,43,45)(H,47,48). The van der Waals surface area contributed by atoms with Crippen LogP contribution < -0.4 is 10.1 Å². The third-order valence-corrected chi connectivity index (χ3v) is 8.97. The van der Waals surface area contributed by atoms with Gasteiger partial charge in [0.2, 0.25) is 11.2 Å². The number of aliphatic carboxylic acids is 1. The zero-order chi connectivity index (χ0) is 40.1. The molecule has 18 heteroatoms. The second-order valence-corrected chi connectivity index (χ2v) is 12.7. The number of anilines is 1. The summed E-state index contributed by atoms with van der Waals surface area (Å²) in [5.74, 6) is -11.6. The van der Waals surface area contributed by atoms with E-state index in [1.165, 1.54) is 24.4 Å². The van der Waals surface area contributed by atoms with E-state index >= 15 is 13.2 Å². The van der Waals surface area contributed by atoms with Gasteiger partial charge in [-0.15, -0.1) is 11.3 Å². The number of esters is 1. The van der Waals surface area contributed by atoms with Gasteiger partial charge in [0.1, 0.15) is 18.0 Å². The molecule has 0 saturated carbocycles. The van der Waals surface area contributed by atoms with Crippen LogP contribution in [0.4, 0.5) is 36.8 Å². The number of ether oxygens (including phenoxy) is 3. The van der Waals surface area contributed by atoms with E-state index < -0.39 is 105 Å². The van der Waals surface area contributed by atoms with E-state index in [1.807, 2.05) is 0 Å². The largest absolute Gasteiger partial charge is 0.514 e. The highest BCUT2D eigenvalue weighted by molar-refractivity contribution is 7.10. The third kappa shape index (κ3) is 8.48. The number of hydrogen-bond donors (Lipinski definition) is 2. The summed E-state index contributed by atoms with van der Waals surface area (Å²) in [5.41, 5.74) is -6.67. The van der Waals surface area contributed by atoms with Crippen LogP contribution in [-0.4, -0.2) is 66.7 Å². The molecule has 4 aromatic rings. The van der Waals surface area contributed by atoms with E-state index in [9.17, 15) is 42.3 Å². The number of carbonyl (C=O) groups excluding carboxylic acids is 4. The second-order valence-electron chi connectivity index (χ2n) is 11.8. The monoisotopic (exact) mass is 780 g/mol. The highest BCUT2D eigenvalue weighted by Gasteiger charge is 2.53. The van der Waals surface area contributed by atoms with Gasteiger partial charge in [0.25, 0.3) is 11.8 Å². The average molecular weight is 781 g/mol. The molecule has 286 valence electrons. The number of benzene rings is 3. The molecule has 0 bridgehead atoms. The molecular weight excluding hydrogens is 750 g/mol. The van der Waals surface area contributed by atoms with Crippen LogP contribution in [0.1, 0.15) is 51.4 Å². The van der Waals surface area contributed by atoms with Crippen molar-refractivity contribution in [3.8, 4) is 16.9 Å². The highest BCUT2D eigenvalue weighted by atomic mass is 32.1. The summed E-state index contributed by atoms with van der Waals surface area (Å²) >= 11 is 0.824. The molecule has 0 spiro atoms. The Bertz CT molecular complexity index is 2070. The van der Waals surface area contributed by atoms with E-state index in [2.05, 4.69) is 5.32 Å². The molecule has 1 aromatic heterocycles. The van der Waals surface area contributed by atoms with E-state index in [-0.39, 0.29) is 10.4 Å². The molecule has 0 fully saturated rings. The van der Waals surface area contributed by atoms with Gasteiger partial charge in [-0.05, 0) is 54.6 Å². The van der Waals surface area contributed by atoms with Crippen molar-refractivity contribution >= 4 is 46.9 Å². The minimum Gasteiger partial charge on any atom is -0.480 e. The summed E-state index contributed by atoms with van der Waals surface area (Å²) in [6.07, 6.45) is -7.04. The Labute approximate surface area is 307 Å². The fourth-order valence-electron chi connectivity index (χ4n) is 4.90. The number of alkyl halides is 3. The molecule has 1 heterocycles. The van der Waals surface area contributed by atoms with Crippen molar-refractivity contribution in [1.82, 2.24) is 4.90 Å². The maximum Gasteiger partial charge on any atom is 0.514 e. The molecule has 2 amide bonds. The summed E-state index contributed by atoms with van der Waals surface area (Å²) in [5, 5.41) is 13.7. The SMILES string of the molecule is CCC(C)OC(=O)C(COC(=O)Oc1c(F)cc(NC(=O)c2cccc(F)c2-c2ccc(C(F)(F)F)cc2)c(C(=O)N(C)C)c1F)(C(=O)O)c1cccs1. The number of amides is 2. The first kappa shape index (κ1) is 40.9. The smallest absolute Gasteiger partial charge is 0.480 e. The molecule has 0 aliphatic rings. The lowest BCUT2D eigenvalue weighted by Crippen LogP contribution is -2.49. The number of carboxylic acids is 1. The Hall–Kier alpha value is -5.91. The molecule has 0 aliphatic heterocycles. The number of rotatable bonds is 12. The molecule has 0 radical (unpaired) electrons. The Balaban J connectivity index is 1.68. The van der Waals surface area contributed by atoms with E-state index in [1.54, 1.807) is 6.92 Å². The number of carboxylic acid groups (broad SMARTS) is 1. The van der Waals surface area contributed by atoms with Gasteiger partial charge in [0.15, 0.2) is 11.6 Å². The first-order valence-electron chi connectivity index (χ1n) is 15.7. The molecule has 2 N–H and O–H groups in total. The molecular formula is C36H30F6N2O9S. The highest BCUT2D eigenvalue weighted by Crippen LogP contribution is 2.36.